The minimum Gasteiger partial charge on any atom is -0.395 e. The van der Waals surface area contributed by atoms with Crippen molar-refractivity contribution in [2.24, 2.45) is 0 Å². The van der Waals surface area contributed by atoms with Crippen LogP contribution in [0.2, 0.25) is 6.55 Å². The fraction of sp³-hybridized carbons (Fsp3) is 0.750. The van der Waals surface area contributed by atoms with Crippen molar-refractivity contribution in [2.45, 2.75) is 25.6 Å². The Kier molecular flexibility index (Phi) is 5.91. The van der Waals surface area contributed by atoms with E-state index >= 15 is 0 Å². The summed E-state index contributed by atoms with van der Waals surface area (Å²) in [5.74, 6) is 0. The predicted octanol–water partition coefficient (Wildman–Crippen LogP) is 2.55. The first kappa shape index (κ1) is 12.2. The summed E-state index contributed by atoms with van der Waals surface area (Å²) in [5, 5.41) is 2.69. The van der Waals surface area contributed by atoms with E-state index in [1.54, 1.807) is 26.0 Å². The summed E-state index contributed by atoms with van der Waals surface area (Å²) in [5.41, 5.74) is 2.05. The summed E-state index contributed by atoms with van der Waals surface area (Å²) < 4.78 is 10.6. The lowest BCUT2D eigenvalue weighted by Gasteiger charge is -2.17. The van der Waals surface area contributed by atoms with Crippen molar-refractivity contribution < 1.29 is 8.85 Å². The molecule has 0 aromatic heterocycles. The molecular formula is C8H18O2SSi. The Balaban J connectivity index is 3.93. The fourth-order valence-corrected chi connectivity index (χ4v) is 2.60. The average Bonchev–Trinajstić information content (AvgIpc) is 2.03. The topological polar surface area (TPSA) is 18.5 Å². The van der Waals surface area contributed by atoms with E-state index in [2.05, 4.69) is 25.0 Å². The molecule has 0 fully saturated rings. The Morgan fingerprint density at radius 3 is 2.08 bits per heavy atom. The average molecular weight is 206 g/mol. The lowest BCUT2D eigenvalue weighted by atomic mass is 10.6. The minimum absolute atomic E-state index is 0.619. The highest BCUT2D eigenvalue weighted by molar-refractivity contribution is 8.02. The summed E-state index contributed by atoms with van der Waals surface area (Å²) in [6, 6.07) is 0. The number of hydrogen-bond donors (Lipinski definition) is 0. The molecule has 0 unspecified atom stereocenters. The highest BCUT2D eigenvalue weighted by Crippen LogP contribution is 2.14. The van der Waals surface area contributed by atoms with Crippen molar-refractivity contribution in [3.8, 4) is 0 Å². The third-order valence-corrected chi connectivity index (χ3v) is 5.00. The quantitative estimate of drug-likeness (QED) is 0.644. The molecule has 0 bridgehead atoms. The Morgan fingerprint density at radius 2 is 1.75 bits per heavy atom. The van der Waals surface area contributed by atoms with Gasteiger partial charge in [0, 0.05) is 19.5 Å². The third-order valence-electron chi connectivity index (χ3n) is 1.53. The van der Waals surface area contributed by atoms with Crippen molar-refractivity contribution in [3.05, 3.63) is 11.1 Å². The Labute approximate surface area is 80.6 Å². The van der Waals surface area contributed by atoms with Crippen LogP contribution < -0.4 is 0 Å². The van der Waals surface area contributed by atoms with Crippen molar-refractivity contribution in [1.82, 2.24) is 0 Å². The van der Waals surface area contributed by atoms with Crippen LogP contribution in [0.3, 0.4) is 0 Å². The second-order valence-corrected chi connectivity index (χ2v) is 7.58. The number of rotatable bonds is 5. The van der Waals surface area contributed by atoms with Crippen LogP contribution in [0.1, 0.15) is 13.8 Å². The fourth-order valence-electron chi connectivity index (χ4n) is 0.539. The van der Waals surface area contributed by atoms with Crippen LogP contribution in [0.4, 0.5) is 0 Å². The van der Waals surface area contributed by atoms with E-state index in [4.69, 9.17) is 8.85 Å². The predicted molar refractivity (Wildman–Crippen MR) is 57.5 cm³/mol. The Hall–Kier alpha value is 0.227. The Morgan fingerprint density at radius 1 is 1.25 bits per heavy atom. The zero-order valence-corrected chi connectivity index (χ0v) is 10.3. The second kappa shape index (κ2) is 5.80. The van der Waals surface area contributed by atoms with Gasteiger partial charge in [0.05, 0.1) is 0 Å². The molecule has 0 aromatic rings. The van der Waals surface area contributed by atoms with Crippen LogP contribution in [0, 0.1) is 0 Å². The summed E-state index contributed by atoms with van der Waals surface area (Å²) >= 11 is 1.78. The van der Waals surface area contributed by atoms with E-state index in [1.807, 2.05) is 6.55 Å². The summed E-state index contributed by atoms with van der Waals surface area (Å²) in [4.78, 5) is 0. The van der Waals surface area contributed by atoms with Crippen LogP contribution >= 0.6 is 11.8 Å². The first-order valence-corrected chi connectivity index (χ1v) is 7.31. The molecule has 0 atom stereocenters. The van der Waals surface area contributed by atoms with Gasteiger partial charge in [0.15, 0.2) is 0 Å². The van der Waals surface area contributed by atoms with Gasteiger partial charge in [-0.2, -0.15) is 0 Å². The molecule has 0 rings (SSSR count). The molecule has 0 amide bonds. The molecule has 0 spiro atoms. The van der Waals surface area contributed by atoms with Gasteiger partial charge in [-0.25, -0.2) is 0 Å². The highest BCUT2D eigenvalue weighted by Gasteiger charge is 2.24. The minimum atomic E-state index is -1.97. The van der Waals surface area contributed by atoms with Crippen LogP contribution in [0.5, 0.6) is 0 Å². The first-order chi connectivity index (χ1) is 5.54. The van der Waals surface area contributed by atoms with E-state index < -0.39 is 8.56 Å². The summed E-state index contributed by atoms with van der Waals surface area (Å²) in [7, 11) is 1.42. The van der Waals surface area contributed by atoms with Crippen LogP contribution in [0.15, 0.2) is 11.1 Å². The van der Waals surface area contributed by atoms with E-state index in [0.717, 1.165) is 0 Å². The molecule has 0 aliphatic heterocycles. The van der Waals surface area contributed by atoms with Crippen molar-refractivity contribution >= 4 is 20.3 Å². The van der Waals surface area contributed by atoms with Gasteiger partial charge < -0.3 is 8.85 Å². The monoisotopic (exact) mass is 206 g/mol. The zero-order chi connectivity index (χ0) is 9.61. The molecule has 0 radical (unpaired) electrons. The van der Waals surface area contributed by atoms with E-state index in [0.29, 0.717) is 5.25 Å². The smallest absolute Gasteiger partial charge is 0.361 e. The summed E-state index contributed by atoms with van der Waals surface area (Å²) in [6.07, 6.45) is 0. The Bertz CT molecular complexity index is 144. The molecule has 0 aromatic carbocycles. The third kappa shape index (κ3) is 4.98. The van der Waals surface area contributed by atoms with E-state index in [1.165, 1.54) is 0 Å². The molecule has 0 saturated carbocycles. The maximum atomic E-state index is 5.29. The molecular weight excluding hydrogens is 188 g/mol. The van der Waals surface area contributed by atoms with Gasteiger partial charge in [0.25, 0.3) is 0 Å². The molecule has 12 heavy (non-hydrogen) atoms. The molecule has 0 heterocycles. The molecule has 72 valence electrons. The number of thioether (sulfide) groups is 1. The van der Waals surface area contributed by atoms with Gasteiger partial charge in [-0.05, 0) is 17.7 Å². The molecule has 0 N–H and O–H groups in total. The van der Waals surface area contributed by atoms with Crippen LogP contribution in [0.25, 0.3) is 0 Å². The van der Waals surface area contributed by atoms with Gasteiger partial charge in [-0.3, -0.25) is 0 Å². The van der Waals surface area contributed by atoms with Crippen molar-refractivity contribution in [2.75, 3.05) is 14.2 Å². The van der Waals surface area contributed by atoms with Gasteiger partial charge >= 0.3 is 8.56 Å². The zero-order valence-electron chi connectivity index (χ0n) is 8.46. The maximum absolute atomic E-state index is 5.29. The standard InChI is InChI=1S/C8H18O2SSi/c1-8(2)11-6-7-12(5,9-3)10-4/h6-8H,1-5H3/b7-6+. The SMILES string of the molecule is CO[Si](C)(/C=C/SC(C)C)OC. The lowest BCUT2D eigenvalue weighted by molar-refractivity contribution is 0.264. The highest BCUT2D eigenvalue weighted by atomic mass is 32.2. The maximum Gasteiger partial charge on any atom is 0.361 e. The van der Waals surface area contributed by atoms with Gasteiger partial charge in [-0.15, -0.1) is 11.8 Å². The van der Waals surface area contributed by atoms with Crippen molar-refractivity contribution in [1.29, 1.82) is 0 Å². The summed E-state index contributed by atoms with van der Waals surface area (Å²) in [6.45, 7) is 6.34. The largest absolute Gasteiger partial charge is 0.395 e. The van der Waals surface area contributed by atoms with Gasteiger partial charge in [0.2, 0.25) is 0 Å². The first-order valence-electron chi connectivity index (χ1n) is 3.97. The van der Waals surface area contributed by atoms with Crippen LogP contribution in [-0.2, 0) is 8.85 Å². The molecule has 0 saturated heterocycles. The second-order valence-electron chi connectivity index (χ2n) is 2.91. The normalized spacial score (nSPS) is 13.2. The lowest BCUT2D eigenvalue weighted by Crippen LogP contribution is -2.33. The van der Waals surface area contributed by atoms with Crippen molar-refractivity contribution in [3.63, 3.8) is 0 Å². The van der Waals surface area contributed by atoms with Gasteiger partial charge in [-0.1, -0.05) is 13.8 Å². The van der Waals surface area contributed by atoms with E-state index in [-0.39, 0.29) is 0 Å². The van der Waals surface area contributed by atoms with Gasteiger partial charge in [0.1, 0.15) is 0 Å². The van der Waals surface area contributed by atoms with Crippen LogP contribution in [-0.4, -0.2) is 28.0 Å². The molecule has 0 aliphatic carbocycles. The number of hydrogen-bond acceptors (Lipinski definition) is 3. The molecule has 4 heteroatoms. The van der Waals surface area contributed by atoms with E-state index in [9.17, 15) is 0 Å². The molecule has 2 nitrogen and oxygen atoms in total. The molecule has 0 aliphatic rings.